The average Bonchev–Trinajstić information content (AvgIpc) is 2.65. The van der Waals surface area contributed by atoms with Crippen molar-refractivity contribution in [1.82, 2.24) is 14.8 Å². The molecule has 0 spiro atoms. The second-order valence-corrected chi connectivity index (χ2v) is 3.78. The molecule has 4 nitrogen and oxygen atoms in total. The van der Waals surface area contributed by atoms with E-state index in [1.165, 1.54) is 11.9 Å². The molecule has 0 bridgehead atoms. The van der Waals surface area contributed by atoms with Crippen LogP contribution in [0.2, 0.25) is 0 Å². The van der Waals surface area contributed by atoms with Gasteiger partial charge in [0.1, 0.15) is 6.33 Å². The summed E-state index contributed by atoms with van der Waals surface area (Å²) in [6.45, 7) is 4.33. The molecular formula is C11H14N4. The van der Waals surface area contributed by atoms with E-state index in [2.05, 4.69) is 36.1 Å². The van der Waals surface area contributed by atoms with Gasteiger partial charge in [-0.25, -0.2) is 0 Å². The Hall–Kier alpha value is -1.84. The number of rotatable bonds is 2. The van der Waals surface area contributed by atoms with Crippen LogP contribution in [0.3, 0.4) is 0 Å². The van der Waals surface area contributed by atoms with Gasteiger partial charge < -0.3 is 5.73 Å². The summed E-state index contributed by atoms with van der Waals surface area (Å²) in [5, 5.41) is 4.04. The highest BCUT2D eigenvalue weighted by atomic mass is 15.4. The normalized spacial score (nSPS) is 10.9. The van der Waals surface area contributed by atoms with E-state index >= 15 is 0 Å². The number of anilines is 1. The van der Waals surface area contributed by atoms with E-state index in [4.69, 9.17) is 5.73 Å². The van der Waals surface area contributed by atoms with E-state index in [1.807, 2.05) is 12.1 Å². The lowest BCUT2D eigenvalue weighted by atomic mass is 10.0. The topological polar surface area (TPSA) is 56.7 Å². The predicted octanol–water partition coefficient (Wildman–Crippen LogP) is 1.97. The molecule has 2 aromatic rings. The SMILES string of the molecule is CC(C)c1ccc(-n2ncnc2N)cc1. The van der Waals surface area contributed by atoms with Crippen molar-refractivity contribution in [3.8, 4) is 5.69 Å². The Morgan fingerprint density at radius 3 is 2.33 bits per heavy atom. The quantitative estimate of drug-likeness (QED) is 0.810. The molecule has 0 saturated carbocycles. The van der Waals surface area contributed by atoms with Gasteiger partial charge in [0.2, 0.25) is 5.95 Å². The summed E-state index contributed by atoms with van der Waals surface area (Å²) in [4.78, 5) is 3.88. The van der Waals surface area contributed by atoms with Gasteiger partial charge in [-0.3, -0.25) is 0 Å². The molecule has 1 aromatic heterocycles. The largest absolute Gasteiger partial charge is 0.368 e. The van der Waals surface area contributed by atoms with Gasteiger partial charge in [0.05, 0.1) is 5.69 Å². The Bertz CT molecular complexity index is 442. The zero-order chi connectivity index (χ0) is 10.8. The summed E-state index contributed by atoms with van der Waals surface area (Å²) in [6.07, 6.45) is 1.45. The molecular weight excluding hydrogens is 188 g/mol. The van der Waals surface area contributed by atoms with Gasteiger partial charge in [0.15, 0.2) is 0 Å². The van der Waals surface area contributed by atoms with Gasteiger partial charge in [-0.15, -0.1) is 0 Å². The zero-order valence-electron chi connectivity index (χ0n) is 8.88. The maximum absolute atomic E-state index is 5.66. The van der Waals surface area contributed by atoms with E-state index in [1.54, 1.807) is 4.68 Å². The Kier molecular flexibility index (Phi) is 2.41. The molecule has 0 saturated heterocycles. The van der Waals surface area contributed by atoms with Crippen molar-refractivity contribution in [3.63, 3.8) is 0 Å². The summed E-state index contributed by atoms with van der Waals surface area (Å²) in [5.74, 6) is 0.944. The molecule has 0 unspecified atom stereocenters. The molecule has 0 aliphatic heterocycles. The van der Waals surface area contributed by atoms with Gasteiger partial charge in [0.25, 0.3) is 0 Å². The van der Waals surface area contributed by atoms with Crippen LogP contribution >= 0.6 is 0 Å². The molecule has 2 N–H and O–H groups in total. The van der Waals surface area contributed by atoms with Gasteiger partial charge in [-0.1, -0.05) is 26.0 Å². The second kappa shape index (κ2) is 3.73. The Morgan fingerprint density at radius 1 is 1.20 bits per heavy atom. The fourth-order valence-corrected chi connectivity index (χ4v) is 1.45. The number of nitrogens with zero attached hydrogens (tertiary/aromatic N) is 3. The molecule has 1 heterocycles. The van der Waals surface area contributed by atoms with Crippen molar-refractivity contribution in [2.24, 2.45) is 0 Å². The predicted molar refractivity (Wildman–Crippen MR) is 59.9 cm³/mol. The van der Waals surface area contributed by atoms with Crippen LogP contribution < -0.4 is 5.73 Å². The number of nitrogens with two attached hydrogens (primary N) is 1. The molecule has 0 radical (unpaired) electrons. The van der Waals surface area contributed by atoms with Crippen LogP contribution in [0.4, 0.5) is 5.95 Å². The molecule has 4 heteroatoms. The summed E-state index contributed by atoms with van der Waals surface area (Å²) >= 11 is 0. The molecule has 15 heavy (non-hydrogen) atoms. The molecule has 78 valence electrons. The van der Waals surface area contributed by atoms with Crippen LogP contribution in [0, 0.1) is 0 Å². The number of hydrogen-bond donors (Lipinski definition) is 1. The van der Waals surface area contributed by atoms with E-state index in [0.717, 1.165) is 5.69 Å². The molecule has 1 aromatic carbocycles. The highest BCUT2D eigenvalue weighted by Gasteiger charge is 2.03. The zero-order valence-corrected chi connectivity index (χ0v) is 8.88. The standard InChI is InChI=1S/C11H14N4/c1-8(2)9-3-5-10(6-4-9)15-11(12)13-7-14-15/h3-8H,1-2H3,(H2,12,13,14). The van der Waals surface area contributed by atoms with Crippen molar-refractivity contribution in [2.75, 3.05) is 5.73 Å². The smallest absolute Gasteiger partial charge is 0.223 e. The minimum atomic E-state index is 0.410. The highest BCUT2D eigenvalue weighted by Crippen LogP contribution is 2.17. The first-order valence-corrected chi connectivity index (χ1v) is 4.94. The number of hydrogen-bond acceptors (Lipinski definition) is 3. The lowest BCUT2D eigenvalue weighted by Crippen LogP contribution is -2.02. The number of nitrogen functional groups attached to an aromatic ring is 1. The van der Waals surface area contributed by atoms with Crippen molar-refractivity contribution in [3.05, 3.63) is 36.2 Å². The van der Waals surface area contributed by atoms with Crippen molar-refractivity contribution >= 4 is 5.95 Å². The summed E-state index contributed by atoms with van der Waals surface area (Å²) in [6, 6.07) is 8.17. The third kappa shape index (κ3) is 1.83. The van der Waals surface area contributed by atoms with Crippen LogP contribution in [-0.4, -0.2) is 14.8 Å². The van der Waals surface area contributed by atoms with Gasteiger partial charge in [0, 0.05) is 0 Å². The molecule has 0 amide bonds. The van der Waals surface area contributed by atoms with E-state index in [0.29, 0.717) is 11.9 Å². The van der Waals surface area contributed by atoms with Crippen molar-refractivity contribution in [1.29, 1.82) is 0 Å². The Balaban J connectivity index is 2.36. The van der Waals surface area contributed by atoms with Crippen LogP contribution in [0.1, 0.15) is 25.3 Å². The number of aromatic nitrogens is 3. The number of benzene rings is 1. The average molecular weight is 202 g/mol. The van der Waals surface area contributed by atoms with Crippen molar-refractivity contribution in [2.45, 2.75) is 19.8 Å². The molecule has 0 fully saturated rings. The van der Waals surface area contributed by atoms with Gasteiger partial charge in [-0.05, 0) is 23.6 Å². The fourth-order valence-electron chi connectivity index (χ4n) is 1.45. The van der Waals surface area contributed by atoms with Gasteiger partial charge >= 0.3 is 0 Å². The Morgan fingerprint density at radius 2 is 1.87 bits per heavy atom. The first kappa shape index (κ1) is 9.71. The summed E-state index contributed by atoms with van der Waals surface area (Å²) < 4.78 is 1.62. The van der Waals surface area contributed by atoms with Crippen molar-refractivity contribution < 1.29 is 0 Å². The van der Waals surface area contributed by atoms with Crippen LogP contribution in [0.5, 0.6) is 0 Å². The fraction of sp³-hybridized carbons (Fsp3) is 0.273. The second-order valence-electron chi connectivity index (χ2n) is 3.78. The monoisotopic (exact) mass is 202 g/mol. The minimum Gasteiger partial charge on any atom is -0.368 e. The third-order valence-electron chi connectivity index (χ3n) is 2.38. The van der Waals surface area contributed by atoms with Crippen LogP contribution in [-0.2, 0) is 0 Å². The first-order valence-electron chi connectivity index (χ1n) is 4.94. The lowest BCUT2D eigenvalue weighted by Gasteiger charge is -2.07. The van der Waals surface area contributed by atoms with E-state index in [-0.39, 0.29) is 0 Å². The molecule has 0 aliphatic carbocycles. The maximum atomic E-state index is 5.66. The van der Waals surface area contributed by atoms with E-state index in [9.17, 15) is 0 Å². The Labute approximate surface area is 88.8 Å². The van der Waals surface area contributed by atoms with Crippen LogP contribution in [0.15, 0.2) is 30.6 Å². The van der Waals surface area contributed by atoms with E-state index < -0.39 is 0 Å². The minimum absolute atomic E-state index is 0.410. The third-order valence-corrected chi connectivity index (χ3v) is 2.38. The molecule has 0 aliphatic rings. The summed E-state index contributed by atoms with van der Waals surface area (Å²) in [5.41, 5.74) is 7.90. The summed E-state index contributed by atoms with van der Waals surface area (Å²) in [7, 11) is 0. The van der Waals surface area contributed by atoms with Gasteiger partial charge in [-0.2, -0.15) is 14.8 Å². The lowest BCUT2D eigenvalue weighted by molar-refractivity contribution is 0.856. The first-order chi connectivity index (χ1) is 7.18. The highest BCUT2D eigenvalue weighted by molar-refractivity contribution is 5.39. The molecule has 2 rings (SSSR count). The molecule has 0 atom stereocenters. The van der Waals surface area contributed by atoms with Crippen LogP contribution in [0.25, 0.3) is 5.69 Å². The maximum Gasteiger partial charge on any atom is 0.223 e.